The van der Waals surface area contributed by atoms with Crippen LogP contribution in [0.5, 0.6) is 5.75 Å². The van der Waals surface area contributed by atoms with E-state index >= 15 is 0 Å². The largest absolute Gasteiger partial charge is 0.497 e. The van der Waals surface area contributed by atoms with E-state index in [4.69, 9.17) is 9.47 Å². The topological polar surface area (TPSA) is 57.3 Å². The number of amides is 2. The summed E-state index contributed by atoms with van der Waals surface area (Å²) in [4.78, 5) is 20.0. The fourth-order valence-corrected chi connectivity index (χ4v) is 5.15. The summed E-state index contributed by atoms with van der Waals surface area (Å²) in [6.45, 7) is 8.11. The summed E-state index contributed by atoms with van der Waals surface area (Å²) >= 11 is 0. The molecule has 31 heavy (non-hydrogen) atoms. The zero-order valence-electron chi connectivity index (χ0n) is 18.9. The zero-order valence-corrected chi connectivity index (χ0v) is 18.9. The number of urea groups is 1. The minimum atomic E-state index is 0.0714. The number of piperazine rings is 1. The van der Waals surface area contributed by atoms with E-state index in [1.807, 2.05) is 17.0 Å². The maximum absolute atomic E-state index is 12.9. The van der Waals surface area contributed by atoms with Crippen LogP contribution in [-0.4, -0.2) is 92.9 Å². The number of hydrogen-bond acceptors (Lipinski definition) is 5. The Morgan fingerprint density at radius 2 is 1.71 bits per heavy atom. The SMILES string of the molecule is COc1ccc(C(CNC(=O)N2CCN(C3CCOCC3)CC2)N2CCCCC2)cc1. The third-order valence-corrected chi connectivity index (χ3v) is 7.09. The quantitative estimate of drug-likeness (QED) is 0.752. The summed E-state index contributed by atoms with van der Waals surface area (Å²) < 4.78 is 10.8. The van der Waals surface area contributed by atoms with Gasteiger partial charge in [-0.15, -0.1) is 0 Å². The first-order valence-corrected chi connectivity index (χ1v) is 12.0. The average Bonchev–Trinajstić information content (AvgIpc) is 2.86. The monoisotopic (exact) mass is 430 g/mol. The molecule has 1 aromatic rings. The molecule has 1 unspecified atom stereocenters. The van der Waals surface area contributed by atoms with Gasteiger partial charge in [0.25, 0.3) is 0 Å². The Morgan fingerprint density at radius 1 is 1.03 bits per heavy atom. The van der Waals surface area contributed by atoms with Crippen molar-refractivity contribution >= 4 is 6.03 Å². The van der Waals surface area contributed by atoms with Crippen LogP contribution in [0.3, 0.4) is 0 Å². The fraction of sp³-hybridized carbons (Fsp3) is 0.708. The number of likely N-dealkylation sites (tertiary alicyclic amines) is 1. The molecule has 0 bridgehead atoms. The first-order valence-electron chi connectivity index (χ1n) is 12.0. The minimum absolute atomic E-state index is 0.0714. The molecule has 0 aliphatic carbocycles. The van der Waals surface area contributed by atoms with Crippen molar-refractivity contribution < 1.29 is 14.3 Å². The van der Waals surface area contributed by atoms with Gasteiger partial charge in [-0.2, -0.15) is 0 Å². The second-order valence-corrected chi connectivity index (χ2v) is 8.94. The number of ether oxygens (including phenoxy) is 2. The lowest BCUT2D eigenvalue weighted by Crippen LogP contribution is -2.55. The van der Waals surface area contributed by atoms with E-state index in [9.17, 15) is 4.79 Å². The molecule has 1 aromatic carbocycles. The molecule has 1 atom stereocenters. The van der Waals surface area contributed by atoms with Gasteiger partial charge in [0, 0.05) is 52.0 Å². The molecule has 3 saturated heterocycles. The van der Waals surface area contributed by atoms with Crippen molar-refractivity contribution in [1.29, 1.82) is 0 Å². The highest BCUT2D eigenvalue weighted by atomic mass is 16.5. The van der Waals surface area contributed by atoms with Crippen LogP contribution in [0.15, 0.2) is 24.3 Å². The molecule has 3 aliphatic rings. The Hall–Kier alpha value is -1.83. The number of nitrogens with zero attached hydrogens (tertiary/aromatic N) is 3. The maximum atomic E-state index is 12.9. The molecule has 7 heteroatoms. The van der Waals surface area contributed by atoms with E-state index in [2.05, 4.69) is 27.2 Å². The third-order valence-electron chi connectivity index (χ3n) is 7.09. The first kappa shape index (κ1) is 22.4. The Kier molecular flexibility index (Phi) is 8.05. The van der Waals surface area contributed by atoms with Gasteiger partial charge in [-0.25, -0.2) is 4.79 Å². The Labute approximate surface area is 186 Å². The summed E-state index contributed by atoms with van der Waals surface area (Å²) in [7, 11) is 1.69. The van der Waals surface area contributed by atoms with Gasteiger partial charge < -0.3 is 19.7 Å². The summed E-state index contributed by atoms with van der Waals surface area (Å²) in [5.41, 5.74) is 1.24. The zero-order chi connectivity index (χ0) is 21.5. The molecule has 0 spiro atoms. The molecule has 1 N–H and O–H groups in total. The van der Waals surface area contributed by atoms with E-state index in [1.165, 1.54) is 24.8 Å². The van der Waals surface area contributed by atoms with Crippen molar-refractivity contribution in [3.05, 3.63) is 29.8 Å². The summed E-state index contributed by atoms with van der Waals surface area (Å²) in [6, 6.07) is 9.21. The predicted octanol–water partition coefficient (Wildman–Crippen LogP) is 2.73. The van der Waals surface area contributed by atoms with Gasteiger partial charge in [0.05, 0.1) is 13.2 Å². The van der Waals surface area contributed by atoms with Crippen molar-refractivity contribution in [3.8, 4) is 5.75 Å². The highest BCUT2D eigenvalue weighted by Gasteiger charge is 2.28. The summed E-state index contributed by atoms with van der Waals surface area (Å²) in [6.07, 6.45) is 6.00. The fourth-order valence-electron chi connectivity index (χ4n) is 5.15. The maximum Gasteiger partial charge on any atom is 0.317 e. The van der Waals surface area contributed by atoms with Gasteiger partial charge in [-0.05, 0) is 56.5 Å². The van der Waals surface area contributed by atoms with Crippen LogP contribution in [-0.2, 0) is 4.74 Å². The summed E-state index contributed by atoms with van der Waals surface area (Å²) in [5.74, 6) is 0.868. The van der Waals surface area contributed by atoms with Crippen LogP contribution in [0.2, 0.25) is 0 Å². The van der Waals surface area contributed by atoms with Crippen molar-refractivity contribution in [2.45, 2.75) is 44.2 Å². The van der Waals surface area contributed by atoms with E-state index in [0.29, 0.717) is 12.6 Å². The van der Waals surface area contributed by atoms with Crippen LogP contribution in [0, 0.1) is 0 Å². The molecule has 3 fully saturated rings. The molecule has 3 heterocycles. The molecule has 7 nitrogen and oxygen atoms in total. The van der Waals surface area contributed by atoms with Gasteiger partial charge >= 0.3 is 6.03 Å². The lowest BCUT2D eigenvalue weighted by Gasteiger charge is -2.41. The number of carbonyl (C=O) groups is 1. The van der Waals surface area contributed by atoms with E-state index < -0.39 is 0 Å². The van der Waals surface area contributed by atoms with Crippen molar-refractivity contribution in [1.82, 2.24) is 20.0 Å². The number of methoxy groups -OCH3 is 1. The van der Waals surface area contributed by atoms with Gasteiger partial charge in [0.2, 0.25) is 0 Å². The molecule has 2 amide bonds. The molecular weight excluding hydrogens is 392 g/mol. The smallest absolute Gasteiger partial charge is 0.317 e. The van der Waals surface area contributed by atoms with Crippen molar-refractivity contribution in [2.24, 2.45) is 0 Å². The van der Waals surface area contributed by atoms with Crippen molar-refractivity contribution in [3.63, 3.8) is 0 Å². The molecule has 172 valence electrons. The Balaban J connectivity index is 1.31. The normalized spacial score (nSPS) is 22.8. The highest BCUT2D eigenvalue weighted by molar-refractivity contribution is 5.74. The number of carbonyl (C=O) groups excluding carboxylic acids is 1. The minimum Gasteiger partial charge on any atom is -0.497 e. The molecule has 4 rings (SSSR count). The van der Waals surface area contributed by atoms with Gasteiger partial charge in [-0.1, -0.05) is 18.6 Å². The van der Waals surface area contributed by atoms with Crippen LogP contribution in [0.25, 0.3) is 0 Å². The molecule has 0 aromatic heterocycles. The van der Waals surface area contributed by atoms with E-state index in [0.717, 1.165) is 71.1 Å². The molecule has 0 radical (unpaired) electrons. The second-order valence-electron chi connectivity index (χ2n) is 8.94. The first-order chi connectivity index (χ1) is 15.2. The van der Waals surface area contributed by atoms with Crippen molar-refractivity contribution in [2.75, 3.05) is 66.1 Å². The predicted molar refractivity (Wildman–Crippen MR) is 122 cm³/mol. The van der Waals surface area contributed by atoms with E-state index in [1.54, 1.807) is 7.11 Å². The highest BCUT2D eigenvalue weighted by Crippen LogP contribution is 2.26. The van der Waals surface area contributed by atoms with Crippen LogP contribution in [0.1, 0.15) is 43.7 Å². The van der Waals surface area contributed by atoms with Crippen LogP contribution < -0.4 is 10.1 Å². The summed E-state index contributed by atoms with van der Waals surface area (Å²) in [5, 5.41) is 3.25. The lowest BCUT2D eigenvalue weighted by molar-refractivity contribution is 0.0186. The molecule has 0 saturated carbocycles. The third kappa shape index (κ3) is 5.90. The van der Waals surface area contributed by atoms with Gasteiger partial charge in [0.15, 0.2) is 0 Å². The number of piperidine rings is 1. The number of rotatable bonds is 6. The second kappa shape index (κ2) is 11.2. The van der Waals surface area contributed by atoms with Crippen LogP contribution in [0.4, 0.5) is 4.79 Å². The van der Waals surface area contributed by atoms with Gasteiger partial charge in [0.1, 0.15) is 5.75 Å². The lowest BCUT2D eigenvalue weighted by atomic mass is 10.0. The van der Waals surface area contributed by atoms with Gasteiger partial charge in [-0.3, -0.25) is 9.80 Å². The Bertz CT molecular complexity index is 679. The number of benzene rings is 1. The average molecular weight is 431 g/mol. The molecule has 3 aliphatic heterocycles. The van der Waals surface area contributed by atoms with Crippen LogP contribution >= 0.6 is 0 Å². The Morgan fingerprint density at radius 3 is 2.35 bits per heavy atom. The number of nitrogens with one attached hydrogen (secondary N) is 1. The van der Waals surface area contributed by atoms with E-state index in [-0.39, 0.29) is 12.1 Å². The standard InChI is InChI=1S/C24H38N4O3/c1-30-22-7-5-20(6-8-22)23(27-11-3-2-4-12-27)19-25-24(29)28-15-13-26(14-16-28)21-9-17-31-18-10-21/h5-8,21,23H,2-4,9-19H2,1H3,(H,25,29). The number of hydrogen-bond donors (Lipinski definition) is 1. The molecular formula is C24H38N4O3.